The molecule has 0 saturated carbocycles. The quantitative estimate of drug-likeness (QED) is 0.902. The molecule has 1 aliphatic heterocycles. The van der Waals surface area contributed by atoms with Crippen molar-refractivity contribution < 1.29 is 14.3 Å². The first-order chi connectivity index (χ1) is 9.85. The third kappa shape index (κ3) is 4.95. The number of hydrogen-bond acceptors (Lipinski definition) is 3. The predicted molar refractivity (Wildman–Crippen MR) is 81.0 cm³/mol. The topological polar surface area (TPSA) is 52.6 Å². The summed E-state index contributed by atoms with van der Waals surface area (Å²) in [5.74, 6) is -0.627. The van der Waals surface area contributed by atoms with Crippen LogP contribution in [0.2, 0.25) is 5.02 Å². The number of hydrogen-bond donors (Lipinski definition) is 2. The van der Waals surface area contributed by atoms with Crippen LogP contribution in [-0.4, -0.2) is 41.1 Å². The molecule has 2 N–H and O–H groups in total. The van der Waals surface area contributed by atoms with E-state index in [-0.39, 0.29) is 17.5 Å². The van der Waals surface area contributed by atoms with Crippen LogP contribution in [0, 0.1) is 5.82 Å². The van der Waals surface area contributed by atoms with Gasteiger partial charge >= 0.3 is 0 Å². The molecule has 1 aromatic rings. The highest BCUT2D eigenvalue weighted by Gasteiger charge is 2.25. The van der Waals surface area contributed by atoms with Gasteiger partial charge < -0.3 is 10.4 Å². The number of nitrogens with one attached hydrogen (secondary N) is 1. The number of benzene rings is 1. The molecule has 0 aromatic heterocycles. The zero-order chi connectivity index (χ0) is 15.5. The fraction of sp³-hybridized carbons (Fsp3) is 0.533. The molecular formula is C15H20ClFN2O2. The highest BCUT2D eigenvalue weighted by molar-refractivity contribution is 6.33. The minimum absolute atomic E-state index is 0.183. The van der Waals surface area contributed by atoms with Crippen molar-refractivity contribution in [1.29, 1.82) is 0 Å². The van der Waals surface area contributed by atoms with Gasteiger partial charge in [-0.2, -0.15) is 0 Å². The van der Waals surface area contributed by atoms with Crippen LogP contribution in [0.3, 0.4) is 0 Å². The van der Waals surface area contributed by atoms with Crippen molar-refractivity contribution in [3.8, 4) is 0 Å². The lowest BCUT2D eigenvalue weighted by molar-refractivity contribution is -0.117. The molecule has 0 radical (unpaired) electrons. The van der Waals surface area contributed by atoms with Gasteiger partial charge in [0.1, 0.15) is 5.82 Å². The summed E-state index contributed by atoms with van der Waals surface area (Å²) in [5, 5.41) is 12.9. The SMILES string of the molecule is CC1(O)CCCN(CC(=O)Nc2ccc(F)cc2Cl)CC1. The van der Waals surface area contributed by atoms with Gasteiger partial charge in [0.25, 0.3) is 0 Å². The zero-order valence-corrected chi connectivity index (χ0v) is 12.8. The lowest BCUT2D eigenvalue weighted by atomic mass is 9.98. The zero-order valence-electron chi connectivity index (χ0n) is 12.0. The van der Waals surface area contributed by atoms with E-state index in [1.807, 2.05) is 11.8 Å². The third-order valence-corrected chi connectivity index (χ3v) is 4.04. The van der Waals surface area contributed by atoms with Crippen molar-refractivity contribution in [3.63, 3.8) is 0 Å². The molecule has 4 nitrogen and oxygen atoms in total. The summed E-state index contributed by atoms with van der Waals surface area (Å²) < 4.78 is 12.9. The average Bonchev–Trinajstić information content (AvgIpc) is 2.54. The number of amides is 1. The maximum absolute atomic E-state index is 12.9. The van der Waals surface area contributed by atoms with Crippen LogP contribution in [0.4, 0.5) is 10.1 Å². The summed E-state index contributed by atoms with van der Waals surface area (Å²) in [6, 6.07) is 3.87. The van der Waals surface area contributed by atoms with Crippen LogP contribution in [0.25, 0.3) is 0 Å². The van der Waals surface area contributed by atoms with Crippen LogP contribution in [-0.2, 0) is 4.79 Å². The Kier molecular flexibility index (Phi) is 5.19. The molecule has 1 fully saturated rings. The van der Waals surface area contributed by atoms with Gasteiger partial charge in [-0.1, -0.05) is 11.6 Å². The molecule has 116 valence electrons. The molecular weight excluding hydrogens is 295 g/mol. The van der Waals surface area contributed by atoms with Crippen LogP contribution >= 0.6 is 11.6 Å². The van der Waals surface area contributed by atoms with Crippen molar-refractivity contribution in [2.45, 2.75) is 31.8 Å². The Balaban J connectivity index is 1.89. The molecule has 1 aliphatic rings. The molecule has 0 aliphatic carbocycles. The van der Waals surface area contributed by atoms with Crippen LogP contribution < -0.4 is 5.32 Å². The largest absolute Gasteiger partial charge is 0.390 e. The summed E-state index contributed by atoms with van der Waals surface area (Å²) in [7, 11) is 0. The Labute approximate surface area is 128 Å². The Morgan fingerprint density at radius 1 is 1.48 bits per heavy atom. The minimum Gasteiger partial charge on any atom is -0.390 e. The van der Waals surface area contributed by atoms with E-state index in [4.69, 9.17) is 11.6 Å². The smallest absolute Gasteiger partial charge is 0.238 e. The van der Waals surface area contributed by atoms with Crippen LogP contribution in [0.15, 0.2) is 18.2 Å². The second-order valence-electron chi connectivity index (χ2n) is 5.80. The van der Waals surface area contributed by atoms with Crippen molar-refractivity contribution in [3.05, 3.63) is 29.0 Å². The second-order valence-corrected chi connectivity index (χ2v) is 6.21. The third-order valence-electron chi connectivity index (χ3n) is 3.73. The molecule has 1 saturated heterocycles. The molecule has 1 heterocycles. The Morgan fingerprint density at radius 2 is 2.24 bits per heavy atom. The maximum atomic E-state index is 12.9. The fourth-order valence-corrected chi connectivity index (χ4v) is 2.68. The van der Waals surface area contributed by atoms with Gasteiger partial charge in [0.15, 0.2) is 0 Å². The van der Waals surface area contributed by atoms with E-state index in [1.165, 1.54) is 18.2 Å². The molecule has 1 unspecified atom stereocenters. The van der Waals surface area contributed by atoms with Crippen molar-refractivity contribution in [2.75, 3.05) is 25.0 Å². The molecule has 21 heavy (non-hydrogen) atoms. The monoisotopic (exact) mass is 314 g/mol. The van der Waals surface area contributed by atoms with Crippen molar-refractivity contribution in [2.24, 2.45) is 0 Å². The van der Waals surface area contributed by atoms with Crippen molar-refractivity contribution >= 4 is 23.2 Å². The summed E-state index contributed by atoms with van der Waals surface area (Å²) >= 11 is 5.88. The number of carbonyl (C=O) groups is 1. The lowest BCUT2D eigenvalue weighted by Gasteiger charge is -2.22. The molecule has 6 heteroatoms. The minimum atomic E-state index is -0.647. The molecule has 1 aromatic carbocycles. The summed E-state index contributed by atoms with van der Waals surface area (Å²) in [4.78, 5) is 14.0. The number of rotatable bonds is 3. The van der Waals surface area contributed by atoms with E-state index in [0.717, 1.165) is 19.4 Å². The molecule has 1 atom stereocenters. The van der Waals surface area contributed by atoms with Crippen LogP contribution in [0.5, 0.6) is 0 Å². The fourth-order valence-electron chi connectivity index (χ4n) is 2.46. The van der Waals surface area contributed by atoms with Gasteiger partial charge in [-0.05, 0) is 50.9 Å². The van der Waals surface area contributed by atoms with Gasteiger partial charge in [-0.15, -0.1) is 0 Å². The number of anilines is 1. The Bertz CT molecular complexity index is 522. The average molecular weight is 315 g/mol. The van der Waals surface area contributed by atoms with Crippen LogP contribution in [0.1, 0.15) is 26.2 Å². The summed E-state index contributed by atoms with van der Waals surface area (Å²) in [6.07, 6.45) is 2.25. The number of carbonyl (C=O) groups excluding carboxylic acids is 1. The summed E-state index contributed by atoms with van der Waals surface area (Å²) in [5.41, 5.74) is -0.240. The van der Waals surface area contributed by atoms with Gasteiger partial charge in [-0.25, -0.2) is 4.39 Å². The Hall–Kier alpha value is -1.17. The molecule has 0 bridgehead atoms. The molecule has 2 rings (SSSR count). The predicted octanol–water partition coefficient (Wildman–Crippen LogP) is 2.65. The summed E-state index contributed by atoms with van der Waals surface area (Å²) in [6.45, 7) is 3.52. The van der Waals surface area contributed by atoms with Crippen molar-refractivity contribution in [1.82, 2.24) is 4.90 Å². The maximum Gasteiger partial charge on any atom is 0.238 e. The van der Waals surface area contributed by atoms with E-state index in [0.29, 0.717) is 18.7 Å². The normalized spacial score (nSPS) is 23.6. The van der Waals surface area contributed by atoms with E-state index in [2.05, 4.69) is 5.32 Å². The standard InChI is InChI=1S/C15H20ClFN2O2/c1-15(21)5-2-7-19(8-6-15)10-14(20)18-13-4-3-11(17)9-12(13)16/h3-4,9,21H,2,5-8,10H2,1H3,(H,18,20). The van der Waals surface area contributed by atoms with Gasteiger partial charge in [0.2, 0.25) is 5.91 Å². The lowest BCUT2D eigenvalue weighted by Crippen LogP contribution is -2.35. The van der Waals surface area contributed by atoms with Gasteiger partial charge in [-0.3, -0.25) is 9.69 Å². The van der Waals surface area contributed by atoms with E-state index < -0.39 is 11.4 Å². The van der Waals surface area contributed by atoms with Gasteiger partial charge in [0.05, 0.1) is 22.9 Å². The van der Waals surface area contributed by atoms with Gasteiger partial charge in [0, 0.05) is 6.54 Å². The second kappa shape index (κ2) is 6.73. The first-order valence-electron chi connectivity index (χ1n) is 7.05. The number of halogens is 2. The highest BCUT2D eigenvalue weighted by Crippen LogP contribution is 2.23. The van der Waals surface area contributed by atoms with E-state index in [9.17, 15) is 14.3 Å². The van der Waals surface area contributed by atoms with E-state index in [1.54, 1.807) is 0 Å². The first kappa shape index (κ1) is 16.2. The highest BCUT2D eigenvalue weighted by atomic mass is 35.5. The number of nitrogens with zero attached hydrogens (tertiary/aromatic N) is 1. The molecule has 1 amide bonds. The van der Waals surface area contributed by atoms with E-state index >= 15 is 0 Å². The number of aliphatic hydroxyl groups is 1. The first-order valence-corrected chi connectivity index (χ1v) is 7.43. The number of likely N-dealkylation sites (tertiary alicyclic amines) is 1. The molecule has 0 spiro atoms. The Morgan fingerprint density at radius 3 is 2.95 bits per heavy atom.